The summed E-state index contributed by atoms with van der Waals surface area (Å²) in [7, 11) is 0. The molecule has 0 saturated carbocycles. The summed E-state index contributed by atoms with van der Waals surface area (Å²) in [5, 5.41) is 49.0. The monoisotopic (exact) mass is 494 g/mol. The number of aliphatic hydroxyl groups is 1. The zero-order valence-corrected chi connectivity index (χ0v) is 19.2. The summed E-state index contributed by atoms with van der Waals surface area (Å²) in [6.07, 6.45) is -1.85. The van der Waals surface area contributed by atoms with Crippen molar-refractivity contribution in [2.75, 3.05) is 19.8 Å². The van der Waals surface area contributed by atoms with Crippen LogP contribution in [0.25, 0.3) is 0 Å². The van der Waals surface area contributed by atoms with E-state index >= 15 is 0 Å². The van der Waals surface area contributed by atoms with Gasteiger partial charge in [0, 0.05) is 17.4 Å². The Labute approximate surface area is 206 Å². The van der Waals surface area contributed by atoms with Gasteiger partial charge in [0.25, 0.3) is 0 Å². The van der Waals surface area contributed by atoms with Gasteiger partial charge in [-0.2, -0.15) is 0 Å². The third kappa shape index (κ3) is 3.76. The molecule has 3 heterocycles. The van der Waals surface area contributed by atoms with Crippen molar-refractivity contribution in [2.45, 2.75) is 24.4 Å². The van der Waals surface area contributed by atoms with E-state index in [1.807, 2.05) is 12.1 Å². The zero-order chi connectivity index (χ0) is 25.0. The Kier molecular flexibility index (Phi) is 5.55. The second-order valence-corrected chi connectivity index (χ2v) is 9.42. The summed E-state index contributed by atoms with van der Waals surface area (Å²) in [6.45, 7) is 0.666. The molecule has 9 heteroatoms. The number of phenols is 4. The molecule has 188 valence electrons. The Hall–Kier alpha value is -3.66. The molecule has 3 aromatic carbocycles. The van der Waals surface area contributed by atoms with E-state index in [1.54, 1.807) is 18.2 Å². The van der Waals surface area contributed by atoms with Crippen LogP contribution in [0.4, 0.5) is 0 Å². The van der Waals surface area contributed by atoms with Crippen LogP contribution in [-0.4, -0.2) is 51.5 Å². The molecule has 2 saturated heterocycles. The third-order valence-corrected chi connectivity index (χ3v) is 7.27. The van der Waals surface area contributed by atoms with Gasteiger partial charge in [0.15, 0.2) is 46.7 Å². The highest BCUT2D eigenvalue weighted by Gasteiger charge is 2.48. The largest absolute Gasteiger partial charge is 0.504 e. The predicted octanol–water partition coefficient (Wildman–Crippen LogP) is 3.46. The molecule has 0 aromatic heterocycles. The Balaban J connectivity index is 1.23. The minimum absolute atomic E-state index is 0.0869. The van der Waals surface area contributed by atoms with Gasteiger partial charge in [-0.15, -0.1) is 0 Å². The molecule has 0 aliphatic carbocycles. The topological polar surface area (TPSA) is 138 Å². The number of phenolic OH excluding ortho intramolecular Hbond substituents is 4. The highest BCUT2D eigenvalue weighted by atomic mass is 16.6. The van der Waals surface area contributed by atoms with Gasteiger partial charge in [0.1, 0.15) is 0 Å². The standard InChI is InChI=1S/C27H26O9/c28-10-24-27(14-2-5-19(30)21(32)8-14)36-22-6-3-15(9-23(22)35-24)26-17-12-33-25(16(17)11-34-26)13-1-4-18(29)20(31)7-13/h1-9,16-17,24-32H,10-12H2/t16-,17-,24-,25+,26+,27-/m0/s1. The molecular formula is C27H26O9. The minimum Gasteiger partial charge on any atom is -0.504 e. The molecule has 2 fully saturated rings. The molecular weight excluding hydrogens is 468 g/mol. The van der Waals surface area contributed by atoms with Gasteiger partial charge < -0.3 is 44.5 Å². The van der Waals surface area contributed by atoms with Gasteiger partial charge >= 0.3 is 0 Å². The number of rotatable bonds is 4. The smallest absolute Gasteiger partial charge is 0.163 e. The average Bonchev–Trinajstić information content (AvgIpc) is 3.49. The van der Waals surface area contributed by atoms with E-state index in [2.05, 4.69) is 0 Å². The average molecular weight is 494 g/mol. The van der Waals surface area contributed by atoms with Crippen molar-refractivity contribution in [3.05, 3.63) is 71.3 Å². The number of aromatic hydroxyl groups is 4. The molecule has 0 unspecified atom stereocenters. The molecule has 0 radical (unpaired) electrons. The fourth-order valence-corrected chi connectivity index (χ4v) is 5.41. The molecule has 36 heavy (non-hydrogen) atoms. The molecule has 5 N–H and O–H groups in total. The fourth-order valence-electron chi connectivity index (χ4n) is 5.41. The predicted molar refractivity (Wildman–Crippen MR) is 125 cm³/mol. The summed E-state index contributed by atoms with van der Waals surface area (Å²) in [6, 6.07) is 14.7. The van der Waals surface area contributed by atoms with Gasteiger partial charge in [-0.25, -0.2) is 0 Å². The van der Waals surface area contributed by atoms with E-state index in [4.69, 9.17) is 18.9 Å². The number of ether oxygens (including phenoxy) is 4. The first kappa shape index (κ1) is 22.8. The van der Waals surface area contributed by atoms with Crippen LogP contribution in [0.3, 0.4) is 0 Å². The molecule has 3 aromatic rings. The van der Waals surface area contributed by atoms with Crippen LogP contribution in [-0.2, 0) is 9.47 Å². The number of benzene rings is 3. The van der Waals surface area contributed by atoms with Crippen LogP contribution in [0.15, 0.2) is 54.6 Å². The third-order valence-electron chi connectivity index (χ3n) is 7.27. The first-order chi connectivity index (χ1) is 17.4. The number of aliphatic hydroxyl groups excluding tert-OH is 1. The van der Waals surface area contributed by atoms with E-state index in [1.165, 1.54) is 24.3 Å². The highest BCUT2D eigenvalue weighted by molar-refractivity contribution is 5.48. The van der Waals surface area contributed by atoms with Crippen molar-refractivity contribution in [3.63, 3.8) is 0 Å². The van der Waals surface area contributed by atoms with Crippen molar-refractivity contribution < 1.29 is 44.5 Å². The lowest BCUT2D eigenvalue weighted by Crippen LogP contribution is -2.36. The van der Waals surface area contributed by atoms with Gasteiger partial charge in [-0.3, -0.25) is 0 Å². The van der Waals surface area contributed by atoms with Gasteiger partial charge in [0.05, 0.1) is 32.0 Å². The van der Waals surface area contributed by atoms with Crippen LogP contribution in [0.2, 0.25) is 0 Å². The second kappa shape index (κ2) is 8.77. The molecule has 6 atom stereocenters. The van der Waals surface area contributed by atoms with E-state index in [0.717, 1.165) is 11.1 Å². The maximum atomic E-state index is 9.96. The van der Waals surface area contributed by atoms with Gasteiger partial charge in [0.2, 0.25) is 0 Å². The van der Waals surface area contributed by atoms with E-state index in [9.17, 15) is 25.5 Å². The van der Waals surface area contributed by atoms with Crippen molar-refractivity contribution in [3.8, 4) is 34.5 Å². The first-order valence-corrected chi connectivity index (χ1v) is 11.8. The Morgan fingerprint density at radius 2 is 1.11 bits per heavy atom. The summed E-state index contributed by atoms with van der Waals surface area (Å²) in [4.78, 5) is 0. The number of hydrogen-bond donors (Lipinski definition) is 5. The zero-order valence-electron chi connectivity index (χ0n) is 19.2. The molecule has 0 spiro atoms. The first-order valence-electron chi connectivity index (χ1n) is 11.8. The van der Waals surface area contributed by atoms with Crippen LogP contribution in [0, 0.1) is 11.8 Å². The van der Waals surface area contributed by atoms with E-state index < -0.39 is 12.2 Å². The lowest BCUT2D eigenvalue weighted by atomic mass is 9.85. The van der Waals surface area contributed by atoms with Crippen LogP contribution in [0.1, 0.15) is 35.0 Å². The Morgan fingerprint density at radius 3 is 1.67 bits per heavy atom. The minimum atomic E-state index is -0.713. The summed E-state index contributed by atoms with van der Waals surface area (Å²) < 4.78 is 24.5. The quantitative estimate of drug-likeness (QED) is 0.345. The lowest BCUT2D eigenvalue weighted by Gasteiger charge is -2.34. The molecule has 0 amide bonds. The molecule has 3 aliphatic heterocycles. The maximum Gasteiger partial charge on any atom is 0.163 e. The molecule has 3 aliphatic rings. The van der Waals surface area contributed by atoms with Crippen molar-refractivity contribution >= 4 is 0 Å². The van der Waals surface area contributed by atoms with Crippen LogP contribution in [0.5, 0.6) is 34.5 Å². The van der Waals surface area contributed by atoms with E-state index in [-0.39, 0.29) is 53.6 Å². The fraction of sp³-hybridized carbons (Fsp3) is 0.333. The maximum absolute atomic E-state index is 9.96. The summed E-state index contributed by atoms with van der Waals surface area (Å²) in [5.74, 6) is 0.292. The lowest BCUT2D eigenvalue weighted by molar-refractivity contribution is -0.0130. The second-order valence-electron chi connectivity index (χ2n) is 9.42. The van der Waals surface area contributed by atoms with Gasteiger partial charge in [-0.05, 0) is 47.5 Å². The Bertz CT molecular complexity index is 1290. The Morgan fingerprint density at radius 1 is 0.583 bits per heavy atom. The number of hydrogen-bond acceptors (Lipinski definition) is 9. The molecule has 9 nitrogen and oxygen atoms in total. The molecule has 6 rings (SSSR count). The van der Waals surface area contributed by atoms with E-state index in [0.29, 0.717) is 30.3 Å². The summed E-state index contributed by atoms with van der Waals surface area (Å²) >= 11 is 0. The SMILES string of the molecule is OC[C@@H]1Oc2cc([C@H]3OC[C@H]4[C@@H]3CO[C@@H]4c3ccc(O)c(O)c3)ccc2O[C@H]1c1ccc(O)c(O)c1. The normalized spacial score (nSPS) is 28.7. The van der Waals surface area contributed by atoms with Gasteiger partial charge in [-0.1, -0.05) is 18.2 Å². The molecule has 0 bridgehead atoms. The number of fused-ring (bicyclic) bond motifs is 2. The van der Waals surface area contributed by atoms with Crippen LogP contribution >= 0.6 is 0 Å². The van der Waals surface area contributed by atoms with Crippen LogP contribution < -0.4 is 9.47 Å². The van der Waals surface area contributed by atoms with Crippen molar-refractivity contribution in [1.29, 1.82) is 0 Å². The summed E-state index contributed by atoms with van der Waals surface area (Å²) in [5.41, 5.74) is 2.26. The highest BCUT2D eigenvalue weighted by Crippen LogP contribution is 2.52. The van der Waals surface area contributed by atoms with Crippen molar-refractivity contribution in [2.24, 2.45) is 11.8 Å². The van der Waals surface area contributed by atoms with Crippen molar-refractivity contribution in [1.82, 2.24) is 0 Å².